The van der Waals surface area contributed by atoms with Crippen molar-refractivity contribution in [1.82, 2.24) is 0 Å². The molecule has 2 aliphatic carbocycles. The van der Waals surface area contributed by atoms with E-state index in [0.717, 1.165) is 6.42 Å². The third-order valence-electron chi connectivity index (χ3n) is 3.25. The largest absolute Gasteiger partial charge is 0.317 e. The van der Waals surface area contributed by atoms with Crippen molar-refractivity contribution >= 4 is 21.5 Å². The van der Waals surface area contributed by atoms with Crippen molar-refractivity contribution in [3.05, 3.63) is 12.2 Å². The molecular weight excluding hydrogens is 240 g/mol. The highest BCUT2D eigenvalue weighted by Gasteiger charge is 2.50. The molecule has 0 amide bonds. The maximum Gasteiger partial charge on any atom is 0.317 e. The lowest BCUT2D eigenvalue weighted by Crippen LogP contribution is -2.33. The van der Waals surface area contributed by atoms with Crippen LogP contribution in [-0.4, -0.2) is 22.4 Å². The standard InChI is InChI=1S/C8H12O5S2/c1-5-6-2-3-7(4-6)8(5)15(11,12)13-14(9)10/h2-3,5-8H,4H2,1H3,(H,9,10). The molecule has 15 heavy (non-hydrogen) atoms. The normalized spacial score (nSPS) is 40.9. The Labute approximate surface area is 91.1 Å². The molecule has 1 saturated carbocycles. The van der Waals surface area contributed by atoms with E-state index in [0.29, 0.717) is 0 Å². The molecule has 7 heteroatoms. The number of allylic oxidation sites excluding steroid dienone is 2. The summed E-state index contributed by atoms with van der Waals surface area (Å²) >= 11 is -2.76. The van der Waals surface area contributed by atoms with Gasteiger partial charge in [-0.15, -0.1) is 3.63 Å². The maximum atomic E-state index is 11.6. The second kappa shape index (κ2) is 3.65. The zero-order chi connectivity index (χ0) is 11.2. The zero-order valence-electron chi connectivity index (χ0n) is 8.07. The zero-order valence-corrected chi connectivity index (χ0v) is 9.70. The highest BCUT2D eigenvalue weighted by Crippen LogP contribution is 2.47. The number of fused-ring (bicyclic) bond motifs is 2. The first kappa shape index (κ1) is 11.3. The summed E-state index contributed by atoms with van der Waals surface area (Å²) in [4.78, 5) is 0. The Kier molecular flexibility index (Phi) is 2.74. The Morgan fingerprint density at radius 2 is 2.00 bits per heavy atom. The van der Waals surface area contributed by atoms with E-state index in [1.54, 1.807) is 0 Å². The van der Waals surface area contributed by atoms with Crippen LogP contribution >= 0.6 is 0 Å². The van der Waals surface area contributed by atoms with Crippen LogP contribution in [-0.2, 0) is 25.1 Å². The Morgan fingerprint density at radius 3 is 2.47 bits per heavy atom. The Bertz CT molecular complexity index is 413. The summed E-state index contributed by atoms with van der Waals surface area (Å²) in [7, 11) is -3.94. The average Bonchev–Trinajstić information content (AvgIpc) is 2.59. The fourth-order valence-corrected chi connectivity index (χ4v) is 5.00. The molecule has 2 rings (SSSR count). The van der Waals surface area contributed by atoms with Crippen LogP contribution in [0.25, 0.3) is 0 Å². The predicted octanol–water partition coefficient (Wildman–Crippen LogP) is 0.680. The van der Waals surface area contributed by atoms with Gasteiger partial charge in [-0.2, -0.15) is 12.6 Å². The smallest absolute Gasteiger partial charge is 0.283 e. The van der Waals surface area contributed by atoms with Crippen LogP contribution in [0, 0.1) is 17.8 Å². The van der Waals surface area contributed by atoms with Gasteiger partial charge in [0.25, 0.3) is 10.1 Å². The van der Waals surface area contributed by atoms with E-state index >= 15 is 0 Å². The van der Waals surface area contributed by atoms with Crippen LogP contribution in [0.2, 0.25) is 0 Å². The number of hydrogen-bond donors (Lipinski definition) is 1. The van der Waals surface area contributed by atoms with Gasteiger partial charge in [-0.25, -0.2) is 0 Å². The van der Waals surface area contributed by atoms with Crippen molar-refractivity contribution < 1.29 is 20.8 Å². The van der Waals surface area contributed by atoms with E-state index < -0.39 is 26.7 Å². The summed E-state index contributed by atoms with van der Waals surface area (Å²) in [6, 6.07) is 0. The van der Waals surface area contributed by atoms with Crippen molar-refractivity contribution in [1.29, 1.82) is 0 Å². The molecule has 0 radical (unpaired) electrons. The van der Waals surface area contributed by atoms with Crippen LogP contribution in [0.5, 0.6) is 0 Å². The fourth-order valence-electron chi connectivity index (χ4n) is 2.63. The monoisotopic (exact) mass is 252 g/mol. The van der Waals surface area contributed by atoms with Gasteiger partial charge < -0.3 is 0 Å². The fraction of sp³-hybridized carbons (Fsp3) is 0.750. The van der Waals surface area contributed by atoms with Crippen LogP contribution in [0.1, 0.15) is 13.3 Å². The molecule has 1 N–H and O–H groups in total. The summed E-state index contributed by atoms with van der Waals surface area (Å²) in [6.45, 7) is 1.83. The minimum absolute atomic E-state index is 0.0476. The van der Waals surface area contributed by atoms with E-state index in [9.17, 15) is 12.6 Å². The highest BCUT2D eigenvalue weighted by molar-refractivity contribution is 7.95. The Morgan fingerprint density at radius 1 is 1.40 bits per heavy atom. The van der Waals surface area contributed by atoms with E-state index in [4.69, 9.17) is 4.55 Å². The van der Waals surface area contributed by atoms with Crippen LogP contribution < -0.4 is 0 Å². The lowest BCUT2D eigenvalue weighted by molar-refractivity contribution is 0.407. The van der Waals surface area contributed by atoms with Crippen molar-refractivity contribution in [3.8, 4) is 0 Å². The van der Waals surface area contributed by atoms with Crippen molar-refractivity contribution in [2.45, 2.75) is 18.6 Å². The molecular formula is C8H12O5S2. The molecule has 0 heterocycles. The molecule has 2 bridgehead atoms. The third-order valence-corrected chi connectivity index (χ3v) is 5.92. The van der Waals surface area contributed by atoms with Gasteiger partial charge in [0.15, 0.2) is 0 Å². The first-order valence-electron chi connectivity index (χ1n) is 4.65. The van der Waals surface area contributed by atoms with Gasteiger partial charge in [0.1, 0.15) is 0 Å². The van der Waals surface area contributed by atoms with E-state index in [2.05, 4.69) is 3.63 Å². The van der Waals surface area contributed by atoms with E-state index in [1.807, 2.05) is 19.1 Å². The summed E-state index contributed by atoms with van der Waals surface area (Å²) in [5, 5.41) is -0.677. The summed E-state index contributed by atoms with van der Waals surface area (Å²) in [6.07, 6.45) is 4.67. The quantitative estimate of drug-likeness (QED) is 0.590. The van der Waals surface area contributed by atoms with Gasteiger partial charge in [0.05, 0.1) is 5.25 Å². The molecule has 2 aliphatic rings. The van der Waals surface area contributed by atoms with Crippen LogP contribution in [0.15, 0.2) is 12.2 Å². The molecule has 86 valence electrons. The van der Waals surface area contributed by atoms with Gasteiger partial charge in [0.2, 0.25) is 0 Å². The topological polar surface area (TPSA) is 80.7 Å². The minimum Gasteiger partial charge on any atom is -0.283 e. The molecule has 0 aromatic rings. The number of rotatable bonds is 3. The molecule has 0 aliphatic heterocycles. The average molecular weight is 252 g/mol. The molecule has 0 spiro atoms. The third kappa shape index (κ3) is 1.89. The van der Waals surface area contributed by atoms with Crippen molar-refractivity contribution in [3.63, 3.8) is 0 Å². The summed E-state index contributed by atoms with van der Waals surface area (Å²) in [5.74, 6) is 0.137. The number of hydrogen-bond acceptors (Lipinski definition) is 4. The molecule has 5 nitrogen and oxygen atoms in total. The molecule has 1 fully saturated rings. The van der Waals surface area contributed by atoms with Gasteiger partial charge in [-0.1, -0.05) is 19.1 Å². The van der Waals surface area contributed by atoms with Crippen LogP contribution in [0.3, 0.4) is 0 Å². The SMILES string of the molecule is CC1C2C=CC(C2)C1S(=O)(=O)OS(=O)O. The molecule has 5 unspecified atom stereocenters. The van der Waals surface area contributed by atoms with Gasteiger partial charge >= 0.3 is 11.4 Å². The van der Waals surface area contributed by atoms with Crippen LogP contribution in [0.4, 0.5) is 0 Å². The van der Waals surface area contributed by atoms with E-state index in [1.165, 1.54) is 0 Å². The lowest BCUT2D eigenvalue weighted by atomic mass is 9.95. The molecule has 0 saturated heterocycles. The minimum atomic E-state index is -3.94. The van der Waals surface area contributed by atoms with E-state index in [-0.39, 0.29) is 17.8 Å². The molecule has 0 aromatic carbocycles. The second-order valence-electron chi connectivity index (χ2n) is 4.05. The van der Waals surface area contributed by atoms with Gasteiger partial charge in [-0.3, -0.25) is 4.55 Å². The first-order chi connectivity index (χ1) is 6.92. The van der Waals surface area contributed by atoms with Gasteiger partial charge in [-0.05, 0) is 24.2 Å². The second-order valence-corrected chi connectivity index (χ2v) is 6.56. The first-order valence-corrected chi connectivity index (χ1v) is 7.15. The molecule has 5 atom stereocenters. The summed E-state index contributed by atoms with van der Waals surface area (Å²) < 4.78 is 46.2. The Balaban J connectivity index is 2.25. The maximum absolute atomic E-state index is 11.6. The van der Waals surface area contributed by atoms with Gasteiger partial charge in [0, 0.05) is 0 Å². The predicted molar refractivity (Wildman–Crippen MR) is 54.5 cm³/mol. The summed E-state index contributed by atoms with van der Waals surface area (Å²) in [5.41, 5.74) is 0. The molecule has 0 aromatic heterocycles. The van der Waals surface area contributed by atoms with Crippen molar-refractivity contribution in [2.75, 3.05) is 0 Å². The Hall–Kier alpha value is -0.240. The van der Waals surface area contributed by atoms with Crippen molar-refractivity contribution in [2.24, 2.45) is 17.8 Å². The lowest BCUT2D eigenvalue weighted by Gasteiger charge is -2.22. The highest BCUT2D eigenvalue weighted by atomic mass is 32.3.